The molecule has 1 heterocycles. The lowest BCUT2D eigenvalue weighted by molar-refractivity contribution is -0.130. The number of hydrogen-bond acceptors (Lipinski definition) is 2. The van der Waals surface area contributed by atoms with Crippen LogP contribution >= 0.6 is 0 Å². The summed E-state index contributed by atoms with van der Waals surface area (Å²) in [5.41, 5.74) is 4.91. The summed E-state index contributed by atoms with van der Waals surface area (Å²) in [5.74, 6) is 1.01. The van der Waals surface area contributed by atoms with Crippen molar-refractivity contribution >= 4 is 5.91 Å². The number of amides is 1. The van der Waals surface area contributed by atoms with Crippen LogP contribution in [0, 0.1) is 6.92 Å². The van der Waals surface area contributed by atoms with Gasteiger partial charge in [0.05, 0.1) is 13.0 Å². The van der Waals surface area contributed by atoms with Crippen LogP contribution in [0.3, 0.4) is 0 Å². The molecule has 0 spiro atoms. The molecule has 3 heteroatoms. The molecule has 118 valence electrons. The normalized spacial score (nSPS) is 22.0. The summed E-state index contributed by atoms with van der Waals surface area (Å²) in [6.07, 6.45) is 7.79. The summed E-state index contributed by atoms with van der Waals surface area (Å²) in [6, 6.07) is 4.30. The quantitative estimate of drug-likeness (QED) is 0.781. The van der Waals surface area contributed by atoms with Crippen molar-refractivity contribution in [1.29, 1.82) is 0 Å². The highest BCUT2D eigenvalue weighted by molar-refractivity contribution is 5.88. The number of benzene rings is 1. The second kappa shape index (κ2) is 6.15. The van der Waals surface area contributed by atoms with Crippen LogP contribution in [-0.4, -0.2) is 31.5 Å². The average Bonchev–Trinajstić information content (AvgIpc) is 2.65. The maximum Gasteiger partial charge on any atom is 0.233 e. The topological polar surface area (TPSA) is 29.5 Å². The van der Waals surface area contributed by atoms with Crippen LogP contribution in [0.25, 0.3) is 0 Å². The number of hydrogen-bond donors (Lipinski definition) is 0. The van der Waals surface area contributed by atoms with Crippen LogP contribution in [0.5, 0.6) is 5.75 Å². The molecule has 1 aliphatic heterocycles. The summed E-state index contributed by atoms with van der Waals surface area (Å²) in [7, 11) is 3.63. The predicted molar refractivity (Wildman–Crippen MR) is 88.4 cm³/mol. The lowest BCUT2D eigenvalue weighted by Gasteiger charge is -2.26. The second-order valence-electron chi connectivity index (χ2n) is 6.49. The first kappa shape index (κ1) is 15.1. The molecular formula is C19H25NO2. The maximum atomic E-state index is 12.9. The Bertz CT molecular complexity index is 618. The molecule has 0 N–H and O–H groups in total. The largest absolute Gasteiger partial charge is 0.496 e. The molecule has 2 aliphatic rings. The van der Waals surface area contributed by atoms with Crippen molar-refractivity contribution in [3.8, 4) is 5.75 Å². The summed E-state index contributed by atoms with van der Waals surface area (Å²) in [5, 5.41) is 0. The Balaban J connectivity index is 2.13. The Morgan fingerprint density at radius 1 is 1.23 bits per heavy atom. The zero-order chi connectivity index (χ0) is 15.7. The zero-order valence-electron chi connectivity index (χ0n) is 13.8. The fraction of sp³-hybridized carbons (Fsp3) is 0.526. The van der Waals surface area contributed by atoms with Gasteiger partial charge in [-0.1, -0.05) is 17.7 Å². The molecule has 1 atom stereocenters. The van der Waals surface area contributed by atoms with Crippen LogP contribution in [0.1, 0.15) is 48.3 Å². The molecule has 0 fully saturated rings. The minimum atomic E-state index is -0.114. The van der Waals surface area contributed by atoms with Gasteiger partial charge >= 0.3 is 0 Å². The molecule has 1 aliphatic carbocycles. The molecule has 0 aromatic heterocycles. The van der Waals surface area contributed by atoms with Crippen molar-refractivity contribution in [3.05, 3.63) is 40.5 Å². The van der Waals surface area contributed by atoms with E-state index in [1.54, 1.807) is 7.11 Å². The number of fused-ring (bicyclic) bond motifs is 1. The monoisotopic (exact) mass is 299 g/mol. The molecule has 0 bridgehead atoms. The fourth-order valence-corrected chi connectivity index (χ4v) is 3.70. The third-order valence-corrected chi connectivity index (χ3v) is 5.00. The summed E-state index contributed by atoms with van der Waals surface area (Å²) in [4.78, 5) is 14.8. The average molecular weight is 299 g/mol. The molecular weight excluding hydrogens is 274 g/mol. The number of nitrogens with zero attached hydrogens (tertiary/aromatic N) is 1. The highest BCUT2D eigenvalue weighted by Crippen LogP contribution is 2.39. The molecule has 1 amide bonds. The first-order chi connectivity index (χ1) is 10.6. The predicted octanol–water partition coefficient (Wildman–Crippen LogP) is 3.60. The van der Waals surface area contributed by atoms with E-state index in [1.807, 2.05) is 11.9 Å². The van der Waals surface area contributed by atoms with E-state index < -0.39 is 0 Å². The molecule has 1 aromatic carbocycles. The van der Waals surface area contributed by atoms with E-state index in [2.05, 4.69) is 25.1 Å². The Morgan fingerprint density at radius 3 is 2.73 bits per heavy atom. The van der Waals surface area contributed by atoms with Crippen molar-refractivity contribution in [3.63, 3.8) is 0 Å². The van der Waals surface area contributed by atoms with Gasteiger partial charge in [-0.15, -0.1) is 0 Å². The number of ether oxygens (including phenoxy) is 1. The van der Waals surface area contributed by atoms with Crippen molar-refractivity contribution in [1.82, 2.24) is 4.90 Å². The minimum absolute atomic E-state index is 0.114. The summed E-state index contributed by atoms with van der Waals surface area (Å²) in [6.45, 7) is 2.87. The van der Waals surface area contributed by atoms with E-state index in [0.29, 0.717) is 0 Å². The molecule has 1 aromatic rings. The van der Waals surface area contributed by atoms with Gasteiger partial charge < -0.3 is 9.64 Å². The number of carbonyl (C=O) groups is 1. The molecule has 22 heavy (non-hydrogen) atoms. The molecule has 0 unspecified atom stereocenters. The van der Waals surface area contributed by atoms with E-state index in [-0.39, 0.29) is 11.8 Å². The van der Waals surface area contributed by atoms with Crippen molar-refractivity contribution in [2.75, 3.05) is 20.7 Å². The third kappa shape index (κ3) is 2.65. The number of rotatable bonds is 2. The van der Waals surface area contributed by atoms with Crippen LogP contribution in [-0.2, 0) is 11.2 Å². The highest BCUT2D eigenvalue weighted by atomic mass is 16.5. The smallest absolute Gasteiger partial charge is 0.233 e. The van der Waals surface area contributed by atoms with Gasteiger partial charge in [-0.25, -0.2) is 0 Å². The molecule has 3 nitrogen and oxygen atoms in total. The summed E-state index contributed by atoms with van der Waals surface area (Å²) >= 11 is 0. The van der Waals surface area contributed by atoms with E-state index in [1.165, 1.54) is 24.0 Å². The van der Waals surface area contributed by atoms with Gasteiger partial charge in [-0.3, -0.25) is 4.79 Å². The Labute approximate surface area is 133 Å². The first-order valence-electron chi connectivity index (χ1n) is 8.23. The van der Waals surface area contributed by atoms with E-state index in [4.69, 9.17) is 4.74 Å². The first-order valence-corrected chi connectivity index (χ1v) is 8.23. The minimum Gasteiger partial charge on any atom is -0.496 e. The van der Waals surface area contributed by atoms with E-state index >= 15 is 0 Å². The van der Waals surface area contributed by atoms with E-state index in [9.17, 15) is 4.79 Å². The van der Waals surface area contributed by atoms with Crippen LogP contribution in [0.4, 0.5) is 0 Å². The lowest BCUT2D eigenvalue weighted by atomic mass is 9.81. The number of allylic oxidation sites excluding steroid dienone is 1. The number of likely N-dealkylation sites (N-methyl/N-ethyl adjacent to an activating group) is 1. The van der Waals surface area contributed by atoms with Crippen LogP contribution < -0.4 is 4.74 Å². The summed E-state index contributed by atoms with van der Waals surface area (Å²) < 4.78 is 5.51. The van der Waals surface area contributed by atoms with Crippen LogP contribution in [0.15, 0.2) is 23.8 Å². The van der Waals surface area contributed by atoms with Crippen molar-refractivity contribution < 1.29 is 9.53 Å². The third-order valence-electron chi connectivity index (χ3n) is 5.00. The lowest BCUT2D eigenvalue weighted by Crippen LogP contribution is -2.32. The number of methoxy groups -OCH3 is 1. The molecule has 0 saturated carbocycles. The molecule has 0 radical (unpaired) electrons. The fourth-order valence-electron chi connectivity index (χ4n) is 3.70. The van der Waals surface area contributed by atoms with Gasteiger partial charge in [0.15, 0.2) is 0 Å². The highest BCUT2D eigenvalue weighted by Gasteiger charge is 2.32. The van der Waals surface area contributed by atoms with Gasteiger partial charge in [-0.05, 0) is 61.8 Å². The zero-order valence-corrected chi connectivity index (χ0v) is 13.8. The SMILES string of the molecule is COc1cc2c(cc1C)CCN(C)C(=O)[C@H]2C1=CCCCC1. The van der Waals surface area contributed by atoms with E-state index in [0.717, 1.165) is 42.7 Å². The van der Waals surface area contributed by atoms with Crippen molar-refractivity contribution in [2.24, 2.45) is 0 Å². The standard InChI is InChI=1S/C19H25NO2/c1-13-11-15-9-10-20(2)19(21)18(14-7-5-4-6-8-14)16(15)12-17(13)22-3/h7,11-12,18H,4-6,8-10H2,1-3H3/t18-/m0/s1. The Hall–Kier alpha value is -1.77. The maximum absolute atomic E-state index is 12.9. The van der Waals surface area contributed by atoms with Gasteiger partial charge in [0.2, 0.25) is 5.91 Å². The second-order valence-corrected chi connectivity index (χ2v) is 6.49. The van der Waals surface area contributed by atoms with Crippen molar-refractivity contribution in [2.45, 2.75) is 44.9 Å². The Kier molecular flexibility index (Phi) is 4.23. The Morgan fingerprint density at radius 2 is 2.05 bits per heavy atom. The van der Waals surface area contributed by atoms with Crippen LogP contribution in [0.2, 0.25) is 0 Å². The van der Waals surface area contributed by atoms with Gasteiger partial charge in [0.25, 0.3) is 0 Å². The number of carbonyl (C=O) groups excluding carboxylic acids is 1. The molecule has 0 saturated heterocycles. The molecule has 3 rings (SSSR count). The van der Waals surface area contributed by atoms with Gasteiger partial charge in [0, 0.05) is 13.6 Å². The number of aryl methyl sites for hydroxylation is 1. The van der Waals surface area contributed by atoms with Gasteiger partial charge in [-0.2, -0.15) is 0 Å². The van der Waals surface area contributed by atoms with Gasteiger partial charge in [0.1, 0.15) is 5.75 Å².